The maximum atomic E-state index is 14.0. The van der Waals surface area contributed by atoms with Gasteiger partial charge in [0.15, 0.2) is 0 Å². The molecule has 12 heteroatoms. The Hall–Kier alpha value is -4.04. The van der Waals surface area contributed by atoms with Crippen LogP contribution >= 0.6 is 0 Å². The van der Waals surface area contributed by atoms with Crippen LogP contribution in [-0.2, 0) is 17.8 Å². The zero-order valence-corrected chi connectivity index (χ0v) is 28.6. The fourth-order valence-electron chi connectivity index (χ4n) is 6.66. The lowest BCUT2D eigenvalue weighted by Gasteiger charge is -2.28. The molecule has 5 atom stereocenters. The number of nitrogens with two attached hydrogens (primary N) is 1. The highest BCUT2D eigenvalue weighted by molar-refractivity contribution is 5.97. The van der Waals surface area contributed by atoms with Gasteiger partial charge in [0.25, 0.3) is 5.91 Å². The van der Waals surface area contributed by atoms with Crippen molar-refractivity contribution in [1.82, 2.24) is 15.5 Å². The molecule has 5 unspecified atom stereocenters. The first-order valence-electron chi connectivity index (χ1n) is 16.7. The smallest absolute Gasteiger partial charge is 0.251 e. The van der Waals surface area contributed by atoms with Crippen molar-refractivity contribution in [2.75, 3.05) is 59.0 Å². The highest BCUT2D eigenvalue weighted by Gasteiger charge is 2.32. The third-order valence-electron chi connectivity index (χ3n) is 9.10. The summed E-state index contributed by atoms with van der Waals surface area (Å²) in [6, 6.07) is 19.9. The van der Waals surface area contributed by atoms with Crippen molar-refractivity contribution in [3.8, 4) is 16.9 Å². The van der Waals surface area contributed by atoms with Crippen molar-refractivity contribution < 1.29 is 34.8 Å². The molecule has 49 heavy (non-hydrogen) atoms. The lowest BCUT2D eigenvalue weighted by Crippen LogP contribution is -2.52. The summed E-state index contributed by atoms with van der Waals surface area (Å²) in [5.41, 5.74) is 10.1. The molecule has 3 aromatic carbocycles. The number of benzene rings is 3. The van der Waals surface area contributed by atoms with Gasteiger partial charge in [0.1, 0.15) is 5.75 Å². The molecule has 1 saturated heterocycles. The van der Waals surface area contributed by atoms with E-state index in [0.717, 1.165) is 36.2 Å². The van der Waals surface area contributed by atoms with E-state index in [1.54, 1.807) is 0 Å². The quantitative estimate of drug-likeness (QED) is 0.103. The molecule has 12 nitrogen and oxygen atoms in total. The topological polar surface area (TPSA) is 181 Å². The van der Waals surface area contributed by atoms with Gasteiger partial charge in [0, 0.05) is 54.0 Å². The van der Waals surface area contributed by atoms with Crippen LogP contribution in [0.2, 0.25) is 0 Å². The number of para-hydroxylation sites is 1. The van der Waals surface area contributed by atoms with Crippen LogP contribution in [0, 0.1) is 5.92 Å². The summed E-state index contributed by atoms with van der Waals surface area (Å²) in [5.74, 6) is -1.52. The number of methoxy groups -OCH3 is 1. The number of rotatable bonds is 18. The summed E-state index contributed by atoms with van der Waals surface area (Å²) < 4.78 is 5.91. The van der Waals surface area contributed by atoms with E-state index in [4.69, 9.17) is 10.5 Å². The summed E-state index contributed by atoms with van der Waals surface area (Å²) in [4.78, 5) is 30.5. The number of aliphatic hydroxyl groups is 4. The molecule has 0 bridgehead atoms. The Morgan fingerprint density at radius 2 is 1.80 bits per heavy atom. The summed E-state index contributed by atoms with van der Waals surface area (Å²) in [6.07, 6.45) is 1.08. The van der Waals surface area contributed by atoms with E-state index in [1.807, 2.05) is 73.6 Å². The molecule has 8 N–H and O–H groups in total. The van der Waals surface area contributed by atoms with Crippen LogP contribution in [0.3, 0.4) is 0 Å². The van der Waals surface area contributed by atoms with E-state index in [9.17, 15) is 30.0 Å². The van der Waals surface area contributed by atoms with Crippen LogP contribution in [0.25, 0.3) is 11.1 Å². The summed E-state index contributed by atoms with van der Waals surface area (Å²) in [5, 5.41) is 45.9. The monoisotopic (exact) mass is 677 g/mol. The number of anilines is 1. The number of carbonyl (C=O) groups is 2. The number of carbonyl (C=O) groups excluding carboxylic acids is 2. The van der Waals surface area contributed by atoms with Crippen molar-refractivity contribution in [1.29, 1.82) is 0 Å². The normalized spacial score (nSPS) is 17.1. The predicted octanol–water partition coefficient (Wildman–Crippen LogP) is 1.13. The SMILES string of the molecule is COc1c(CNC(C(N)=O)C(CO)C(O)CO)cccc1-c1cc(C(=O)NC(Cc2ccccc2)CN(C)C)cc(N2CCCC2CO)c1. The minimum absolute atomic E-state index is 0.000933. The van der Waals surface area contributed by atoms with Gasteiger partial charge in [-0.3, -0.25) is 9.59 Å². The number of primary amides is 1. The molecule has 0 spiro atoms. The minimum Gasteiger partial charge on any atom is -0.496 e. The van der Waals surface area contributed by atoms with Crippen molar-refractivity contribution in [3.63, 3.8) is 0 Å². The Balaban J connectivity index is 1.71. The van der Waals surface area contributed by atoms with Gasteiger partial charge in [-0.1, -0.05) is 48.5 Å². The largest absolute Gasteiger partial charge is 0.496 e. The zero-order valence-electron chi connectivity index (χ0n) is 28.6. The maximum absolute atomic E-state index is 14.0. The van der Waals surface area contributed by atoms with Gasteiger partial charge in [-0.2, -0.15) is 0 Å². The average Bonchev–Trinajstić information content (AvgIpc) is 3.58. The second-order valence-electron chi connectivity index (χ2n) is 12.9. The first-order chi connectivity index (χ1) is 23.6. The summed E-state index contributed by atoms with van der Waals surface area (Å²) in [6.45, 7) is 0.277. The molecule has 0 aromatic heterocycles. The van der Waals surface area contributed by atoms with Gasteiger partial charge in [-0.05, 0) is 62.7 Å². The molecule has 1 fully saturated rings. The van der Waals surface area contributed by atoms with Crippen LogP contribution in [0.15, 0.2) is 66.7 Å². The van der Waals surface area contributed by atoms with Crippen LogP contribution < -0.4 is 26.0 Å². The third kappa shape index (κ3) is 9.78. The molecule has 1 aliphatic rings. The fraction of sp³-hybridized carbons (Fsp3) is 0.459. The van der Waals surface area contributed by atoms with E-state index in [1.165, 1.54) is 7.11 Å². The summed E-state index contributed by atoms with van der Waals surface area (Å²) >= 11 is 0. The van der Waals surface area contributed by atoms with Gasteiger partial charge in [0.05, 0.1) is 45.1 Å². The highest BCUT2D eigenvalue weighted by atomic mass is 16.5. The molecule has 0 saturated carbocycles. The lowest BCUT2D eigenvalue weighted by atomic mass is 9.93. The van der Waals surface area contributed by atoms with Crippen LogP contribution in [0.4, 0.5) is 5.69 Å². The molecule has 0 aliphatic carbocycles. The van der Waals surface area contributed by atoms with Crippen LogP contribution in [0.5, 0.6) is 5.75 Å². The number of likely N-dealkylation sites (N-methyl/N-ethyl adjacent to an activating group) is 1. The third-order valence-corrected chi connectivity index (χ3v) is 9.10. The van der Waals surface area contributed by atoms with E-state index in [2.05, 4.69) is 27.7 Å². The molecule has 1 heterocycles. The number of hydrogen-bond acceptors (Lipinski definition) is 10. The average molecular weight is 678 g/mol. The zero-order chi connectivity index (χ0) is 35.5. The number of nitrogens with zero attached hydrogens (tertiary/aromatic N) is 2. The Morgan fingerprint density at radius 3 is 2.43 bits per heavy atom. The van der Waals surface area contributed by atoms with Gasteiger partial charge < -0.3 is 51.3 Å². The number of hydrogen-bond donors (Lipinski definition) is 7. The molecule has 2 amide bonds. The number of ether oxygens (including phenoxy) is 1. The molecular formula is C37H51N5O7. The molecule has 1 aliphatic heterocycles. The maximum Gasteiger partial charge on any atom is 0.251 e. The van der Waals surface area contributed by atoms with Crippen molar-refractivity contribution in [2.24, 2.45) is 11.7 Å². The first-order valence-corrected chi connectivity index (χ1v) is 16.7. The molecular weight excluding hydrogens is 626 g/mol. The molecule has 4 rings (SSSR count). The number of aliphatic hydroxyl groups excluding tert-OH is 4. The fourth-order valence-corrected chi connectivity index (χ4v) is 6.66. The van der Waals surface area contributed by atoms with E-state index in [0.29, 0.717) is 35.4 Å². The van der Waals surface area contributed by atoms with Crippen LogP contribution in [0.1, 0.15) is 34.3 Å². The van der Waals surface area contributed by atoms with Gasteiger partial charge in [-0.15, -0.1) is 0 Å². The predicted molar refractivity (Wildman–Crippen MR) is 189 cm³/mol. The van der Waals surface area contributed by atoms with Crippen LogP contribution in [-0.4, -0.2) is 115 Å². The van der Waals surface area contributed by atoms with Gasteiger partial charge >= 0.3 is 0 Å². The number of nitrogens with one attached hydrogen (secondary N) is 2. The van der Waals surface area contributed by atoms with E-state index in [-0.39, 0.29) is 31.1 Å². The summed E-state index contributed by atoms with van der Waals surface area (Å²) in [7, 11) is 5.49. The molecule has 0 radical (unpaired) electrons. The number of amides is 2. The van der Waals surface area contributed by atoms with Gasteiger partial charge in [0.2, 0.25) is 5.91 Å². The molecule has 266 valence electrons. The molecule has 3 aromatic rings. The minimum atomic E-state index is -1.35. The second-order valence-corrected chi connectivity index (χ2v) is 12.9. The van der Waals surface area contributed by atoms with Crippen molar-refractivity contribution in [2.45, 2.75) is 50.0 Å². The lowest BCUT2D eigenvalue weighted by molar-refractivity contribution is -0.124. The second kappa shape index (κ2) is 18.1. The van der Waals surface area contributed by atoms with E-state index < -0.39 is 37.2 Å². The Bertz CT molecular complexity index is 1520. The Kier molecular flexibility index (Phi) is 13.9. The Labute approximate surface area is 288 Å². The Morgan fingerprint density at radius 1 is 1.04 bits per heavy atom. The van der Waals surface area contributed by atoms with Crippen molar-refractivity contribution in [3.05, 3.63) is 83.4 Å². The first kappa shape index (κ1) is 37.8. The standard InChI is InChI=1S/C37H51N5O7/c1-41(2)20-28(15-24-9-5-4-6-10-24)40-37(48)27-16-26(17-30(18-27)42-14-8-12-29(42)21-43)31-13-7-11-25(35(31)49-3)19-39-34(36(38)47)32(22-44)33(46)23-45/h4-7,9-11,13,16-18,28-29,32-34,39,43-46H,8,12,14-15,19-23H2,1-3H3,(H2,38,47)(H,40,48). The highest BCUT2D eigenvalue weighted by Crippen LogP contribution is 2.37. The van der Waals surface area contributed by atoms with Crippen molar-refractivity contribution >= 4 is 17.5 Å². The van der Waals surface area contributed by atoms with Gasteiger partial charge in [-0.25, -0.2) is 0 Å². The van der Waals surface area contributed by atoms with E-state index >= 15 is 0 Å².